The van der Waals surface area contributed by atoms with Crippen molar-refractivity contribution < 1.29 is 4.74 Å². The Morgan fingerprint density at radius 3 is 1.38 bits per heavy atom. The van der Waals surface area contributed by atoms with E-state index in [1.165, 1.54) is 33.4 Å². The Bertz CT molecular complexity index is 2890. The van der Waals surface area contributed by atoms with Gasteiger partial charge in [0.25, 0.3) is 0 Å². The van der Waals surface area contributed by atoms with Crippen molar-refractivity contribution in [2.45, 2.75) is 5.41 Å². The second-order valence-electron chi connectivity index (χ2n) is 14.3. The summed E-state index contributed by atoms with van der Waals surface area (Å²) < 4.78 is 6.57. The molecule has 0 amide bonds. The average molecular weight is 716 g/mol. The number of hydrogen-bond acceptors (Lipinski definition) is 4. The fourth-order valence-corrected chi connectivity index (χ4v) is 8.67. The Labute approximate surface area is 325 Å². The predicted octanol–water partition coefficient (Wildman–Crippen LogP) is 12.7. The molecule has 56 heavy (non-hydrogen) atoms. The Morgan fingerprint density at radius 2 is 0.714 bits per heavy atom. The normalized spacial score (nSPS) is 12.9. The van der Waals surface area contributed by atoms with Gasteiger partial charge in [0, 0.05) is 27.8 Å². The van der Waals surface area contributed by atoms with E-state index in [1.54, 1.807) is 0 Å². The highest BCUT2D eigenvalue weighted by Gasteiger charge is 2.51. The van der Waals surface area contributed by atoms with Crippen molar-refractivity contribution in [2.24, 2.45) is 0 Å². The van der Waals surface area contributed by atoms with Crippen LogP contribution < -0.4 is 4.74 Å². The summed E-state index contributed by atoms with van der Waals surface area (Å²) in [5.74, 6) is 3.60. The quantitative estimate of drug-likeness (QED) is 0.178. The minimum atomic E-state index is -0.587. The largest absolute Gasteiger partial charge is 0.457 e. The summed E-state index contributed by atoms with van der Waals surface area (Å²) in [7, 11) is 0. The maximum Gasteiger partial charge on any atom is 0.164 e. The van der Waals surface area contributed by atoms with E-state index >= 15 is 0 Å². The lowest BCUT2D eigenvalue weighted by molar-refractivity contribution is 0.436. The number of rotatable bonds is 5. The minimum absolute atomic E-state index is 0.587. The lowest BCUT2D eigenvalue weighted by Gasteiger charge is -2.39. The summed E-state index contributed by atoms with van der Waals surface area (Å²) >= 11 is 0. The number of benzene rings is 8. The van der Waals surface area contributed by atoms with Gasteiger partial charge in [-0.05, 0) is 68.8 Å². The van der Waals surface area contributed by atoms with Gasteiger partial charge >= 0.3 is 0 Å². The molecule has 4 nitrogen and oxygen atoms in total. The average Bonchev–Trinajstić information content (AvgIpc) is 3.57. The number of para-hydroxylation sites is 2. The summed E-state index contributed by atoms with van der Waals surface area (Å²) in [5.41, 5.74) is 13.9. The number of aromatic nitrogens is 3. The summed E-state index contributed by atoms with van der Waals surface area (Å²) in [5, 5.41) is 0. The third-order valence-electron chi connectivity index (χ3n) is 11.2. The molecule has 8 aromatic carbocycles. The highest BCUT2D eigenvalue weighted by molar-refractivity contribution is 5.90. The van der Waals surface area contributed by atoms with Crippen molar-refractivity contribution in [1.82, 2.24) is 15.0 Å². The Balaban J connectivity index is 1.08. The summed E-state index contributed by atoms with van der Waals surface area (Å²) in [6.07, 6.45) is 0. The molecule has 0 saturated heterocycles. The van der Waals surface area contributed by atoms with Crippen LogP contribution in [-0.4, -0.2) is 15.0 Å². The van der Waals surface area contributed by atoms with Crippen LogP contribution in [-0.2, 0) is 5.41 Å². The molecule has 1 spiro atoms. The van der Waals surface area contributed by atoms with Crippen molar-refractivity contribution >= 4 is 0 Å². The van der Waals surface area contributed by atoms with E-state index in [0.717, 1.165) is 50.4 Å². The first-order valence-corrected chi connectivity index (χ1v) is 18.9. The molecule has 0 atom stereocenters. The van der Waals surface area contributed by atoms with Crippen molar-refractivity contribution in [3.8, 4) is 79.0 Å². The number of fused-ring (bicyclic) bond motifs is 9. The molecule has 11 rings (SSSR count). The van der Waals surface area contributed by atoms with E-state index in [2.05, 4.69) is 164 Å². The fourth-order valence-electron chi connectivity index (χ4n) is 8.67. The smallest absolute Gasteiger partial charge is 0.164 e. The van der Waals surface area contributed by atoms with Crippen LogP contribution in [0.4, 0.5) is 0 Å². The lowest BCUT2D eigenvalue weighted by atomic mass is 9.66. The topological polar surface area (TPSA) is 47.9 Å². The molecule has 2 aliphatic rings. The molecule has 9 aromatic rings. The van der Waals surface area contributed by atoms with E-state index in [0.29, 0.717) is 17.5 Å². The molecule has 0 unspecified atom stereocenters. The Morgan fingerprint density at radius 1 is 0.286 bits per heavy atom. The zero-order chi connectivity index (χ0) is 37.1. The third-order valence-corrected chi connectivity index (χ3v) is 11.2. The molecule has 1 aliphatic heterocycles. The van der Waals surface area contributed by atoms with Crippen LogP contribution in [0.15, 0.2) is 200 Å². The maximum absolute atomic E-state index is 6.57. The molecule has 0 fully saturated rings. The molecule has 2 heterocycles. The van der Waals surface area contributed by atoms with Gasteiger partial charge in [-0.3, -0.25) is 0 Å². The molecule has 0 bridgehead atoms. The number of ether oxygens (including phenoxy) is 1. The monoisotopic (exact) mass is 715 g/mol. The molecular formula is C52H33N3O. The minimum Gasteiger partial charge on any atom is -0.457 e. The van der Waals surface area contributed by atoms with Gasteiger partial charge in [0.05, 0.1) is 5.41 Å². The summed E-state index contributed by atoms with van der Waals surface area (Å²) in [6, 6.07) is 70.2. The second-order valence-corrected chi connectivity index (χ2v) is 14.3. The second kappa shape index (κ2) is 12.9. The van der Waals surface area contributed by atoms with Gasteiger partial charge in [-0.1, -0.05) is 176 Å². The van der Waals surface area contributed by atoms with E-state index in [-0.39, 0.29) is 0 Å². The number of hydrogen-bond donors (Lipinski definition) is 0. The molecule has 0 saturated carbocycles. The van der Waals surface area contributed by atoms with Crippen LogP contribution in [0.1, 0.15) is 22.3 Å². The van der Waals surface area contributed by atoms with Crippen molar-refractivity contribution in [3.05, 3.63) is 222 Å². The summed E-state index contributed by atoms with van der Waals surface area (Å²) in [6.45, 7) is 0. The molecule has 1 aliphatic carbocycles. The highest BCUT2D eigenvalue weighted by atomic mass is 16.5. The zero-order valence-corrected chi connectivity index (χ0v) is 30.3. The van der Waals surface area contributed by atoms with E-state index in [1.807, 2.05) is 36.4 Å². The van der Waals surface area contributed by atoms with Crippen LogP contribution in [0.5, 0.6) is 11.5 Å². The molecular weight excluding hydrogens is 683 g/mol. The van der Waals surface area contributed by atoms with Gasteiger partial charge in [-0.15, -0.1) is 0 Å². The molecule has 4 heteroatoms. The van der Waals surface area contributed by atoms with Crippen LogP contribution >= 0.6 is 0 Å². The van der Waals surface area contributed by atoms with E-state index < -0.39 is 5.41 Å². The third kappa shape index (κ3) is 5.04. The van der Waals surface area contributed by atoms with Crippen LogP contribution in [0, 0.1) is 0 Å². The van der Waals surface area contributed by atoms with Gasteiger partial charge in [0.15, 0.2) is 17.5 Å². The number of nitrogens with zero attached hydrogens (tertiary/aromatic N) is 3. The zero-order valence-electron chi connectivity index (χ0n) is 30.3. The van der Waals surface area contributed by atoms with E-state index in [4.69, 9.17) is 19.7 Å². The fraction of sp³-hybridized carbons (Fsp3) is 0.0192. The SMILES string of the molecule is c1ccc(-c2ccc(-c3cccc(-c4nc(-c5ccccc5)nc(-c5ccc6c(c5)C5(c7ccccc7Oc7ccccc75)c5ccccc5-6)n4)c3)cc2)cc1. The standard InChI is InChI=1S/C52H33N3O/c1-3-14-34(15-4-1)35-26-28-36(29-27-35)38-18-13-19-39(32-38)50-53-49(37-16-5-2-6-17-37)54-51(55-50)40-30-31-42-41-20-7-8-21-43(41)52(46(42)33-40)44-22-9-11-24-47(44)56-48-25-12-10-23-45(48)52/h1-33H. The Kier molecular flexibility index (Phi) is 7.36. The van der Waals surface area contributed by atoms with Gasteiger partial charge in [0.1, 0.15) is 11.5 Å². The van der Waals surface area contributed by atoms with Crippen LogP contribution in [0.25, 0.3) is 67.5 Å². The van der Waals surface area contributed by atoms with Crippen LogP contribution in [0.2, 0.25) is 0 Å². The van der Waals surface area contributed by atoms with Gasteiger partial charge in [-0.2, -0.15) is 0 Å². The van der Waals surface area contributed by atoms with Crippen molar-refractivity contribution in [3.63, 3.8) is 0 Å². The molecule has 0 radical (unpaired) electrons. The van der Waals surface area contributed by atoms with Crippen LogP contribution in [0.3, 0.4) is 0 Å². The molecule has 1 aromatic heterocycles. The van der Waals surface area contributed by atoms with E-state index in [9.17, 15) is 0 Å². The van der Waals surface area contributed by atoms with Crippen molar-refractivity contribution in [1.29, 1.82) is 0 Å². The molecule has 262 valence electrons. The maximum atomic E-state index is 6.57. The van der Waals surface area contributed by atoms with Gasteiger partial charge in [-0.25, -0.2) is 15.0 Å². The Hall–Kier alpha value is -7.43. The first kappa shape index (κ1) is 32.0. The predicted molar refractivity (Wildman–Crippen MR) is 224 cm³/mol. The van der Waals surface area contributed by atoms with Gasteiger partial charge < -0.3 is 4.74 Å². The highest BCUT2D eigenvalue weighted by Crippen LogP contribution is 2.62. The first-order valence-electron chi connectivity index (χ1n) is 18.9. The first-order chi connectivity index (χ1) is 27.7. The molecule has 0 N–H and O–H groups in total. The summed E-state index contributed by atoms with van der Waals surface area (Å²) in [4.78, 5) is 15.5. The van der Waals surface area contributed by atoms with Gasteiger partial charge in [0.2, 0.25) is 0 Å². The van der Waals surface area contributed by atoms with Crippen molar-refractivity contribution in [2.75, 3.05) is 0 Å². The lowest BCUT2D eigenvalue weighted by Crippen LogP contribution is -2.32.